The molecule has 82 valence electrons. The third kappa shape index (κ3) is 2.82. The van der Waals surface area contributed by atoms with Crippen LogP contribution < -0.4 is 0 Å². The van der Waals surface area contributed by atoms with Gasteiger partial charge in [-0.2, -0.15) is 0 Å². The van der Waals surface area contributed by atoms with Gasteiger partial charge in [0.15, 0.2) is 9.84 Å². The summed E-state index contributed by atoms with van der Waals surface area (Å²) in [5.41, 5.74) is 0.526. The van der Waals surface area contributed by atoms with E-state index in [1.807, 2.05) is 0 Å². The number of hydrogen-bond donors (Lipinski definition) is 0. The monoisotopic (exact) mass is 244 g/mol. The fraction of sp³-hybridized carbons (Fsp3) is 0.300. The molecule has 0 bridgehead atoms. The zero-order chi connectivity index (χ0) is 11.5. The van der Waals surface area contributed by atoms with E-state index in [9.17, 15) is 13.2 Å². The highest BCUT2D eigenvalue weighted by Crippen LogP contribution is 2.15. The van der Waals surface area contributed by atoms with Crippen LogP contribution in [0.5, 0.6) is 0 Å². The Morgan fingerprint density at radius 2 is 1.80 bits per heavy atom. The molecule has 0 N–H and O–H groups in total. The molecule has 0 atom stereocenters. The molecule has 15 heavy (non-hydrogen) atoms. The summed E-state index contributed by atoms with van der Waals surface area (Å²) < 4.78 is 22.9. The van der Waals surface area contributed by atoms with E-state index in [2.05, 4.69) is 0 Å². The van der Waals surface area contributed by atoms with Gasteiger partial charge in [0.2, 0.25) is 5.12 Å². The Bertz CT molecular complexity index is 446. The Hall–Kier alpha value is -0.810. The van der Waals surface area contributed by atoms with Crippen molar-refractivity contribution in [3.8, 4) is 0 Å². The Morgan fingerprint density at radius 1 is 1.27 bits per heavy atom. The fourth-order valence-corrected chi connectivity index (χ4v) is 2.34. The molecule has 0 spiro atoms. The minimum absolute atomic E-state index is 0.0598. The first kappa shape index (κ1) is 12.3. The van der Waals surface area contributed by atoms with Crippen molar-refractivity contribution >= 4 is 26.7 Å². The molecule has 0 aliphatic carbocycles. The van der Waals surface area contributed by atoms with Crippen LogP contribution in [-0.4, -0.2) is 25.5 Å². The van der Waals surface area contributed by atoms with Crippen LogP contribution >= 0.6 is 11.8 Å². The van der Waals surface area contributed by atoms with Crippen LogP contribution in [0.1, 0.15) is 17.3 Å². The Labute approximate surface area is 93.8 Å². The maximum absolute atomic E-state index is 11.5. The Balaban J connectivity index is 3.06. The van der Waals surface area contributed by atoms with Crippen LogP contribution in [0.3, 0.4) is 0 Å². The molecule has 0 unspecified atom stereocenters. The van der Waals surface area contributed by atoms with Crippen molar-refractivity contribution in [3.05, 3.63) is 29.8 Å². The first-order chi connectivity index (χ1) is 7.01. The Kier molecular flexibility index (Phi) is 3.93. The molecule has 0 aliphatic heterocycles. The van der Waals surface area contributed by atoms with E-state index in [1.54, 1.807) is 25.3 Å². The lowest BCUT2D eigenvalue weighted by atomic mass is 10.2. The van der Waals surface area contributed by atoms with E-state index in [-0.39, 0.29) is 15.8 Å². The predicted octanol–water partition coefficient (Wildman–Crippen LogP) is 1.98. The Morgan fingerprint density at radius 3 is 2.20 bits per heavy atom. The SMILES string of the molecule is CCS(=O)(=O)c1ccc(C(=O)SC)cc1. The highest BCUT2D eigenvalue weighted by molar-refractivity contribution is 8.13. The number of hydrogen-bond acceptors (Lipinski definition) is 4. The van der Waals surface area contributed by atoms with Gasteiger partial charge in [-0.25, -0.2) is 8.42 Å². The van der Waals surface area contributed by atoms with Crippen LogP contribution in [-0.2, 0) is 9.84 Å². The third-order valence-electron chi connectivity index (χ3n) is 2.01. The van der Waals surface area contributed by atoms with Gasteiger partial charge >= 0.3 is 0 Å². The molecular formula is C10H12O3S2. The summed E-state index contributed by atoms with van der Waals surface area (Å²) in [7, 11) is -3.17. The van der Waals surface area contributed by atoms with Crippen molar-refractivity contribution in [2.75, 3.05) is 12.0 Å². The molecule has 0 saturated heterocycles. The van der Waals surface area contributed by atoms with Crippen molar-refractivity contribution in [2.45, 2.75) is 11.8 Å². The summed E-state index contributed by atoms with van der Waals surface area (Å²) in [6, 6.07) is 6.04. The van der Waals surface area contributed by atoms with E-state index >= 15 is 0 Å². The number of thioether (sulfide) groups is 1. The van der Waals surface area contributed by atoms with Gasteiger partial charge in [-0.15, -0.1) is 0 Å². The lowest BCUT2D eigenvalue weighted by Gasteiger charge is -2.02. The maximum Gasteiger partial charge on any atom is 0.219 e. The minimum Gasteiger partial charge on any atom is -0.282 e. The summed E-state index contributed by atoms with van der Waals surface area (Å²) in [6.45, 7) is 1.59. The van der Waals surface area contributed by atoms with Crippen LogP contribution in [0.4, 0.5) is 0 Å². The molecule has 1 aromatic rings. The lowest BCUT2D eigenvalue weighted by molar-refractivity contribution is 0.108. The van der Waals surface area contributed by atoms with Crippen molar-refractivity contribution in [3.63, 3.8) is 0 Å². The topological polar surface area (TPSA) is 51.2 Å². The van der Waals surface area contributed by atoms with E-state index in [1.165, 1.54) is 12.1 Å². The number of benzene rings is 1. The van der Waals surface area contributed by atoms with Gasteiger partial charge in [-0.3, -0.25) is 4.79 Å². The normalized spacial score (nSPS) is 11.3. The average Bonchev–Trinajstić information content (AvgIpc) is 2.28. The summed E-state index contributed by atoms with van der Waals surface area (Å²) >= 11 is 1.11. The van der Waals surface area contributed by atoms with Gasteiger partial charge in [0, 0.05) is 5.56 Å². The van der Waals surface area contributed by atoms with E-state index in [0.717, 1.165) is 11.8 Å². The van der Waals surface area contributed by atoms with Crippen LogP contribution in [0.2, 0.25) is 0 Å². The van der Waals surface area contributed by atoms with Crippen LogP contribution in [0.25, 0.3) is 0 Å². The van der Waals surface area contributed by atoms with Crippen molar-refractivity contribution < 1.29 is 13.2 Å². The summed E-state index contributed by atoms with van der Waals surface area (Å²) in [4.78, 5) is 11.5. The van der Waals surface area contributed by atoms with Crippen LogP contribution in [0, 0.1) is 0 Å². The number of carbonyl (C=O) groups is 1. The molecule has 1 aromatic carbocycles. The largest absolute Gasteiger partial charge is 0.282 e. The maximum atomic E-state index is 11.5. The van der Waals surface area contributed by atoms with Gasteiger partial charge in [-0.1, -0.05) is 18.7 Å². The molecule has 3 nitrogen and oxygen atoms in total. The quantitative estimate of drug-likeness (QED) is 0.816. The standard InChI is InChI=1S/C10H12O3S2/c1-3-15(12,13)9-6-4-8(5-7-9)10(11)14-2/h4-7H,3H2,1-2H3. The van der Waals surface area contributed by atoms with Crippen LogP contribution in [0.15, 0.2) is 29.2 Å². The highest BCUT2D eigenvalue weighted by Gasteiger charge is 2.12. The first-order valence-electron chi connectivity index (χ1n) is 4.42. The second-order valence-electron chi connectivity index (χ2n) is 2.92. The molecule has 0 fully saturated rings. The molecule has 0 saturated carbocycles. The first-order valence-corrected chi connectivity index (χ1v) is 7.30. The predicted molar refractivity (Wildman–Crippen MR) is 62.0 cm³/mol. The molecule has 0 heterocycles. The van der Waals surface area contributed by atoms with E-state index in [4.69, 9.17) is 0 Å². The number of sulfone groups is 1. The number of carbonyl (C=O) groups excluding carboxylic acids is 1. The molecular weight excluding hydrogens is 232 g/mol. The second kappa shape index (κ2) is 4.81. The minimum atomic E-state index is -3.17. The van der Waals surface area contributed by atoms with E-state index < -0.39 is 9.84 Å². The fourth-order valence-electron chi connectivity index (χ4n) is 1.08. The zero-order valence-electron chi connectivity index (χ0n) is 8.56. The summed E-state index contributed by atoms with van der Waals surface area (Å²) in [5.74, 6) is 0.0722. The van der Waals surface area contributed by atoms with Crippen molar-refractivity contribution in [2.24, 2.45) is 0 Å². The third-order valence-corrected chi connectivity index (χ3v) is 4.37. The van der Waals surface area contributed by atoms with Crippen molar-refractivity contribution in [1.82, 2.24) is 0 Å². The average molecular weight is 244 g/mol. The van der Waals surface area contributed by atoms with Crippen molar-refractivity contribution in [1.29, 1.82) is 0 Å². The zero-order valence-corrected chi connectivity index (χ0v) is 10.2. The number of rotatable bonds is 3. The molecule has 0 amide bonds. The second-order valence-corrected chi connectivity index (χ2v) is 5.98. The van der Waals surface area contributed by atoms with E-state index in [0.29, 0.717) is 5.56 Å². The molecule has 0 aliphatic rings. The summed E-state index contributed by atoms with van der Waals surface area (Å²) in [6.07, 6.45) is 1.69. The summed E-state index contributed by atoms with van der Waals surface area (Å²) in [5, 5.41) is -0.0598. The molecule has 0 aromatic heterocycles. The van der Waals surface area contributed by atoms with Gasteiger partial charge in [0.05, 0.1) is 10.6 Å². The highest BCUT2D eigenvalue weighted by atomic mass is 32.2. The lowest BCUT2D eigenvalue weighted by Crippen LogP contribution is -2.04. The smallest absolute Gasteiger partial charge is 0.219 e. The molecule has 1 rings (SSSR count). The van der Waals surface area contributed by atoms with Gasteiger partial charge in [0.25, 0.3) is 0 Å². The molecule has 0 radical (unpaired) electrons. The van der Waals surface area contributed by atoms with Gasteiger partial charge in [0.1, 0.15) is 0 Å². The molecule has 5 heteroatoms. The van der Waals surface area contributed by atoms with Gasteiger partial charge in [-0.05, 0) is 30.5 Å². The van der Waals surface area contributed by atoms with Gasteiger partial charge < -0.3 is 0 Å².